The van der Waals surface area contributed by atoms with Crippen molar-refractivity contribution in [1.29, 1.82) is 0 Å². The number of nitrogens with one attached hydrogen (secondary N) is 1. The Bertz CT molecular complexity index is 442. The van der Waals surface area contributed by atoms with E-state index in [0.717, 1.165) is 5.56 Å². The summed E-state index contributed by atoms with van der Waals surface area (Å²) in [5.41, 5.74) is 1.55. The van der Waals surface area contributed by atoms with Gasteiger partial charge in [0.1, 0.15) is 0 Å². The predicted octanol–water partition coefficient (Wildman–Crippen LogP) is 2.41. The van der Waals surface area contributed by atoms with Gasteiger partial charge in [-0.05, 0) is 31.5 Å². The first-order valence-corrected chi connectivity index (χ1v) is 7.36. The van der Waals surface area contributed by atoms with E-state index < -0.39 is 0 Å². The molecule has 0 bridgehead atoms. The molecule has 0 aliphatic heterocycles. The maximum atomic E-state index is 11.9. The Morgan fingerprint density at radius 1 is 1.15 bits per heavy atom. The van der Waals surface area contributed by atoms with Gasteiger partial charge in [0.2, 0.25) is 5.91 Å². The van der Waals surface area contributed by atoms with Gasteiger partial charge in [0, 0.05) is 37.5 Å². The summed E-state index contributed by atoms with van der Waals surface area (Å²) in [6.07, 6.45) is 0.327. The topological polar surface area (TPSA) is 49.4 Å². The minimum absolute atomic E-state index is 0.0628. The summed E-state index contributed by atoms with van der Waals surface area (Å²) in [6, 6.07) is 7.12. The van der Waals surface area contributed by atoms with Gasteiger partial charge in [-0.15, -0.1) is 11.6 Å². The molecule has 0 aromatic heterocycles. The Kier molecular flexibility index (Phi) is 7.09. The predicted molar refractivity (Wildman–Crippen MR) is 80.9 cm³/mol. The highest BCUT2D eigenvalue weighted by Gasteiger charge is 2.10. The molecule has 0 spiro atoms. The van der Waals surface area contributed by atoms with E-state index in [2.05, 4.69) is 5.32 Å². The molecule has 0 saturated heterocycles. The molecule has 0 aliphatic rings. The highest BCUT2D eigenvalue weighted by Crippen LogP contribution is 2.06. The lowest BCUT2D eigenvalue weighted by Gasteiger charge is -2.18. The van der Waals surface area contributed by atoms with Gasteiger partial charge in [0.25, 0.3) is 5.91 Å². The number of nitrogens with zero attached hydrogens (tertiary/aromatic N) is 1. The monoisotopic (exact) mass is 296 g/mol. The molecule has 0 fully saturated rings. The van der Waals surface area contributed by atoms with Crippen molar-refractivity contribution in [3.8, 4) is 0 Å². The lowest BCUT2D eigenvalue weighted by atomic mass is 10.1. The van der Waals surface area contributed by atoms with Gasteiger partial charge < -0.3 is 10.2 Å². The van der Waals surface area contributed by atoms with Crippen LogP contribution in [0.3, 0.4) is 0 Å². The third-order valence-corrected chi connectivity index (χ3v) is 3.42. The van der Waals surface area contributed by atoms with Crippen molar-refractivity contribution in [3.63, 3.8) is 0 Å². The van der Waals surface area contributed by atoms with Crippen LogP contribution in [-0.4, -0.2) is 36.3 Å². The van der Waals surface area contributed by atoms with E-state index in [1.165, 1.54) is 0 Å². The first-order chi connectivity index (χ1) is 9.62. The Labute approximate surface area is 125 Å². The maximum absolute atomic E-state index is 11.9. The zero-order valence-electron chi connectivity index (χ0n) is 12.0. The first-order valence-electron chi connectivity index (χ1n) is 6.83. The van der Waals surface area contributed by atoms with Crippen molar-refractivity contribution in [2.24, 2.45) is 0 Å². The van der Waals surface area contributed by atoms with E-state index in [4.69, 9.17) is 11.6 Å². The summed E-state index contributed by atoms with van der Waals surface area (Å²) >= 11 is 5.69. The summed E-state index contributed by atoms with van der Waals surface area (Å²) in [4.78, 5) is 25.4. The number of amides is 2. The van der Waals surface area contributed by atoms with Crippen LogP contribution in [0.25, 0.3) is 0 Å². The largest absolute Gasteiger partial charge is 0.352 e. The molecular formula is C15H21ClN2O2. The number of halogens is 1. The second kappa shape index (κ2) is 8.59. The number of carbonyl (C=O) groups excluding carboxylic acids is 2. The molecule has 20 heavy (non-hydrogen) atoms. The van der Waals surface area contributed by atoms with Gasteiger partial charge in [0.05, 0.1) is 0 Å². The fourth-order valence-electron chi connectivity index (χ4n) is 1.86. The number of hydrogen-bond donors (Lipinski definition) is 1. The smallest absolute Gasteiger partial charge is 0.251 e. The van der Waals surface area contributed by atoms with Gasteiger partial charge in [-0.2, -0.15) is 0 Å². The lowest BCUT2D eigenvalue weighted by molar-refractivity contribution is -0.130. The quantitative estimate of drug-likeness (QED) is 0.786. The Balaban J connectivity index is 2.41. The van der Waals surface area contributed by atoms with Crippen LogP contribution in [0, 0.1) is 0 Å². The Morgan fingerprint density at radius 2 is 1.75 bits per heavy atom. The van der Waals surface area contributed by atoms with Gasteiger partial charge >= 0.3 is 0 Å². The summed E-state index contributed by atoms with van der Waals surface area (Å²) in [6.45, 7) is 5.63. The highest BCUT2D eigenvalue weighted by atomic mass is 35.5. The van der Waals surface area contributed by atoms with Gasteiger partial charge in [-0.3, -0.25) is 9.59 Å². The molecule has 0 saturated carbocycles. The van der Waals surface area contributed by atoms with E-state index >= 15 is 0 Å². The van der Waals surface area contributed by atoms with Crippen LogP contribution in [0.5, 0.6) is 0 Å². The SMILES string of the molecule is CCN(CC)C(=O)CCNC(=O)c1ccc(CCl)cc1. The fraction of sp³-hybridized carbons (Fsp3) is 0.467. The molecule has 0 atom stereocenters. The molecule has 2 amide bonds. The second-order valence-corrected chi connectivity index (χ2v) is 4.67. The molecule has 0 heterocycles. The van der Waals surface area contributed by atoms with Crippen LogP contribution in [0.4, 0.5) is 0 Å². The third-order valence-electron chi connectivity index (χ3n) is 3.11. The molecule has 1 aromatic rings. The van der Waals surface area contributed by atoms with E-state index in [1.54, 1.807) is 17.0 Å². The van der Waals surface area contributed by atoms with Crippen molar-refractivity contribution in [2.45, 2.75) is 26.1 Å². The summed E-state index contributed by atoms with van der Waals surface area (Å²) < 4.78 is 0. The average Bonchev–Trinajstić information content (AvgIpc) is 2.48. The van der Waals surface area contributed by atoms with Crippen LogP contribution >= 0.6 is 11.6 Å². The highest BCUT2D eigenvalue weighted by molar-refractivity contribution is 6.17. The van der Waals surface area contributed by atoms with Crippen molar-refractivity contribution < 1.29 is 9.59 Å². The molecule has 1 N–H and O–H groups in total. The van der Waals surface area contributed by atoms with Crippen LogP contribution in [0.15, 0.2) is 24.3 Å². The van der Waals surface area contributed by atoms with Crippen molar-refractivity contribution in [1.82, 2.24) is 10.2 Å². The Hall–Kier alpha value is -1.55. The molecule has 1 aromatic carbocycles. The number of carbonyl (C=O) groups is 2. The summed E-state index contributed by atoms with van der Waals surface area (Å²) in [5.74, 6) is 0.326. The summed E-state index contributed by atoms with van der Waals surface area (Å²) in [5, 5.41) is 2.75. The normalized spacial score (nSPS) is 10.2. The van der Waals surface area contributed by atoms with Crippen molar-refractivity contribution in [3.05, 3.63) is 35.4 Å². The zero-order valence-corrected chi connectivity index (χ0v) is 12.7. The second-order valence-electron chi connectivity index (χ2n) is 4.40. The standard InChI is InChI=1S/C15H21ClN2O2/c1-3-18(4-2)14(19)9-10-17-15(20)13-7-5-12(11-16)6-8-13/h5-8H,3-4,9-11H2,1-2H3,(H,17,20). The fourth-order valence-corrected chi connectivity index (χ4v) is 2.04. The van der Waals surface area contributed by atoms with Crippen LogP contribution in [-0.2, 0) is 10.7 Å². The molecule has 1 rings (SSSR count). The summed E-state index contributed by atoms with van der Waals surface area (Å²) in [7, 11) is 0. The maximum Gasteiger partial charge on any atom is 0.251 e. The number of rotatable bonds is 7. The number of benzene rings is 1. The zero-order chi connectivity index (χ0) is 15.0. The van der Waals surface area contributed by atoms with Gasteiger partial charge in [0.15, 0.2) is 0 Å². The minimum atomic E-state index is -0.168. The minimum Gasteiger partial charge on any atom is -0.352 e. The van der Waals surface area contributed by atoms with Crippen LogP contribution in [0.1, 0.15) is 36.2 Å². The molecule has 0 radical (unpaired) electrons. The average molecular weight is 297 g/mol. The number of alkyl halides is 1. The van der Waals surface area contributed by atoms with Crippen LogP contribution < -0.4 is 5.32 Å². The molecule has 4 nitrogen and oxygen atoms in total. The lowest BCUT2D eigenvalue weighted by Crippen LogP contribution is -2.34. The first kappa shape index (κ1) is 16.5. The van der Waals surface area contributed by atoms with Crippen molar-refractivity contribution >= 4 is 23.4 Å². The van der Waals surface area contributed by atoms with E-state index in [1.807, 2.05) is 26.0 Å². The molecule has 0 unspecified atom stereocenters. The molecule has 0 aliphatic carbocycles. The molecule has 5 heteroatoms. The molecule has 110 valence electrons. The third kappa shape index (κ3) is 4.85. The van der Waals surface area contributed by atoms with Crippen LogP contribution in [0.2, 0.25) is 0 Å². The Morgan fingerprint density at radius 3 is 2.25 bits per heavy atom. The van der Waals surface area contributed by atoms with Crippen molar-refractivity contribution in [2.75, 3.05) is 19.6 Å². The number of hydrogen-bond acceptors (Lipinski definition) is 2. The van der Waals surface area contributed by atoms with Gasteiger partial charge in [-0.1, -0.05) is 12.1 Å². The molecular weight excluding hydrogens is 276 g/mol. The van der Waals surface area contributed by atoms with E-state index in [9.17, 15) is 9.59 Å². The van der Waals surface area contributed by atoms with E-state index in [0.29, 0.717) is 37.5 Å². The van der Waals surface area contributed by atoms with Gasteiger partial charge in [-0.25, -0.2) is 0 Å². The van der Waals surface area contributed by atoms with E-state index in [-0.39, 0.29) is 11.8 Å².